The van der Waals surface area contributed by atoms with Crippen molar-refractivity contribution in [3.63, 3.8) is 0 Å². The van der Waals surface area contributed by atoms with Gasteiger partial charge in [-0.1, -0.05) is 18.2 Å². The summed E-state index contributed by atoms with van der Waals surface area (Å²) in [6.45, 7) is 1.92. The van der Waals surface area contributed by atoms with Crippen molar-refractivity contribution < 1.29 is 14.3 Å². The number of anilines is 2. The van der Waals surface area contributed by atoms with E-state index < -0.39 is 0 Å². The molecule has 2 aromatic heterocycles. The van der Waals surface area contributed by atoms with Crippen LogP contribution in [0.15, 0.2) is 79.1 Å². The van der Waals surface area contributed by atoms with E-state index in [0.717, 1.165) is 22.5 Å². The number of aromatic nitrogens is 2. The lowest BCUT2D eigenvalue weighted by Crippen LogP contribution is -2.12. The molecule has 7 heteroatoms. The highest BCUT2D eigenvalue weighted by Crippen LogP contribution is 2.34. The molecule has 4 rings (SSSR count). The smallest absolute Gasteiger partial charge is 0.255 e. The molecule has 7 nitrogen and oxygen atoms in total. The summed E-state index contributed by atoms with van der Waals surface area (Å²) in [4.78, 5) is 21.6. The molecule has 2 heterocycles. The minimum atomic E-state index is -0.265. The highest BCUT2D eigenvalue weighted by atomic mass is 16.5. The number of pyridine rings is 2. The summed E-state index contributed by atoms with van der Waals surface area (Å²) >= 11 is 0. The van der Waals surface area contributed by atoms with Crippen molar-refractivity contribution in [2.45, 2.75) is 6.92 Å². The second kappa shape index (κ2) is 9.82. The lowest BCUT2D eigenvalue weighted by atomic mass is 10.1. The van der Waals surface area contributed by atoms with Crippen LogP contribution in [0.1, 0.15) is 15.9 Å². The standard InChI is InChI=1S/C26H24N4O3/c1-17-10-11-19(25(31)30-21-8-4-5-9-22(21)32-3)15-23(17)33-26-20(7-6-13-29-26)18-12-14-28-24(16-18)27-2/h4-16H,1-3H3,(H,27,28)(H,30,31). The fourth-order valence-electron chi connectivity index (χ4n) is 3.32. The summed E-state index contributed by atoms with van der Waals surface area (Å²) in [5.41, 5.74) is 3.67. The number of benzene rings is 2. The topological polar surface area (TPSA) is 85.4 Å². The fourth-order valence-corrected chi connectivity index (χ4v) is 3.32. The summed E-state index contributed by atoms with van der Waals surface area (Å²) in [6, 6.07) is 20.2. The Kier molecular flexibility index (Phi) is 6.50. The number of hydrogen-bond donors (Lipinski definition) is 2. The molecule has 0 radical (unpaired) electrons. The van der Waals surface area contributed by atoms with E-state index in [1.165, 1.54) is 0 Å². The quantitative estimate of drug-likeness (QED) is 0.392. The zero-order valence-corrected chi connectivity index (χ0v) is 18.6. The van der Waals surface area contributed by atoms with Gasteiger partial charge in [0.1, 0.15) is 17.3 Å². The average Bonchev–Trinajstić information content (AvgIpc) is 2.86. The Labute approximate surface area is 192 Å². The molecular formula is C26H24N4O3. The van der Waals surface area contributed by atoms with Gasteiger partial charge in [-0.3, -0.25) is 4.79 Å². The first-order valence-electron chi connectivity index (χ1n) is 10.4. The molecule has 0 aliphatic rings. The molecule has 33 heavy (non-hydrogen) atoms. The number of nitrogens with zero attached hydrogens (tertiary/aromatic N) is 2. The van der Waals surface area contributed by atoms with Crippen LogP contribution in [-0.4, -0.2) is 30.0 Å². The van der Waals surface area contributed by atoms with E-state index in [1.54, 1.807) is 43.8 Å². The van der Waals surface area contributed by atoms with Gasteiger partial charge in [0.2, 0.25) is 5.88 Å². The Bertz CT molecular complexity index is 1290. The summed E-state index contributed by atoms with van der Waals surface area (Å²) < 4.78 is 11.5. The number of amides is 1. The summed E-state index contributed by atoms with van der Waals surface area (Å²) in [5, 5.41) is 5.93. The number of methoxy groups -OCH3 is 1. The zero-order chi connectivity index (χ0) is 23.2. The molecule has 0 unspecified atom stereocenters. The molecule has 1 amide bonds. The van der Waals surface area contributed by atoms with Gasteiger partial charge >= 0.3 is 0 Å². The highest BCUT2D eigenvalue weighted by molar-refractivity contribution is 6.05. The number of carbonyl (C=O) groups is 1. The Morgan fingerprint density at radius 1 is 0.909 bits per heavy atom. The van der Waals surface area contributed by atoms with Crippen LogP contribution < -0.4 is 20.1 Å². The number of aryl methyl sites for hydroxylation is 1. The highest BCUT2D eigenvalue weighted by Gasteiger charge is 2.15. The number of nitrogens with one attached hydrogen (secondary N) is 2. The van der Waals surface area contributed by atoms with E-state index in [-0.39, 0.29) is 5.91 Å². The maximum absolute atomic E-state index is 12.9. The Balaban J connectivity index is 1.63. The van der Waals surface area contributed by atoms with E-state index in [4.69, 9.17) is 9.47 Å². The van der Waals surface area contributed by atoms with Crippen LogP contribution in [0.25, 0.3) is 11.1 Å². The molecule has 4 aromatic rings. The van der Waals surface area contributed by atoms with E-state index in [0.29, 0.717) is 28.6 Å². The molecule has 2 aromatic carbocycles. The molecule has 166 valence electrons. The second-order valence-electron chi connectivity index (χ2n) is 7.27. The first kappa shape index (κ1) is 21.8. The summed E-state index contributed by atoms with van der Waals surface area (Å²) in [6.07, 6.45) is 3.40. The van der Waals surface area contributed by atoms with Crippen LogP contribution in [0.3, 0.4) is 0 Å². The first-order chi connectivity index (χ1) is 16.1. The Morgan fingerprint density at radius 2 is 1.76 bits per heavy atom. The van der Waals surface area contributed by atoms with Crippen LogP contribution in [0.5, 0.6) is 17.4 Å². The van der Waals surface area contributed by atoms with Crippen LogP contribution in [-0.2, 0) is 0 Å². The SMILES string of the molecule is CNc1cc(-c2cccnc2Oc2cc(C(=O)Nc3ccccc3OC)ccc2C)ccn1. The molecule has 0 aliphatic heterocycles. The molecule has 0 fully saturated rings. The Morgan fingerprint density at radius 3 is 2.58 bits per heavy atom. The van der Waals surface area contributed by atoms with Gasteiger partial charge in [-0.25, -0.2) is 9.97 Å². The normalized spacial score (nSPS) is 10.4. The van der Waals surface area contributed by atoms with Crippen molar-refractivity contribution in [3.05, 3.63) is 90.3 Å². The molecule has 0 spiro atoms. The van der Waals surface area contributed by atoms with Crippen molar-refractivity contribution >= 4 is 17.4 Å². The third-order valence-electron chi connectivity index (χ3n) is 5.11. The molecule has 2 N–H and O–H groups in total. The third kappa shape index (κ3) is 4.93. The van der Waals surface area contributed by atoms with Crippen molar-refractivity contribution in [1.82, 2.24) is 9.97 Å². The summed E-state index contributed by atoms with van der Waals surface area (Å²) in [7, 11) is 3.38. The second-order valence-corrected chi connectivity index (χ2v) is 7.27. The first-order valence-corrected chi connectivity index (χ1v) is 10.4. The molecule has 0 bridgehead atoms. The molecular weight excluding hydrogens is 416 g/mol. The monoisotopic (exact) mass is 440 g/mol. The van der Waals surface area contributed by atoms with Crippen LogP contribution in [0.4, 0.5) is 11.5 Å². The predicted octanol–water partition coefficient (Wildman–Crippen LogP) is 5.55. The number of hydrogen-bond acceptors (Lipinski definition) is 6. The molecule has 0 atom stereocenters. The third-order valence-corrected chi connectivity index (χ3v) is 5.11. The lowest BCUT2D eigenvalue weighted by Gasteiger charge is -2.14. The maximum Gasteiger partial charge on any atom is 0.255 e. The maximum atomic E-state index is 12.9. The zero-order valence-electron chi connectivity index (χ0n) is 18.6. The average molecular weight is 441 g/mol. The lowest BCUT2D eigenvalue weighted by molar-refractivity contribution is 0.102. The van der Waals surface area contributed by atoms with E-state index >= 15 is 0 Å². The number of carbonyl (C=O) groups excluding carboxylic acids is 1. The van der Waals surface area contributed by atoms with Gasteiger partial charge in [-0.2, -0.15) is 0 Å². The summed E-state index contributed by atoms with van der Waals surface area (Å²) in [5.74, 6) is 2.05. The van der Waals surface area contributed by atoms with Gasteiger partial charge < -0.3 is 20.1 Å². The largest absolute Gasteiger partial charge is 0.495 e. The fraction of sp³-hybridized carbons (Fsp3) is 0.115. The Hall–Kier alpha value is -4.39. The minimum Gasteiger partial charge on any atom is -0.495 e. The van der Waals surface area contributed by atoms with Gasteiger partial charge in [-0.15, -0.1) is 0 Å². The number of para-hydroxylation sites is 2. The van der Waals surface area contributed by atoms with Crippen LogP contribution >= 0.6 is 0 Å². The van der Waals surface area contributed by atoms with E-state index in [9.17, 15) is 4.79 Å². The van der Waals surface area contributed by atoms with Gasteiger partial charge in [0.05, 0.1) is 12.8 Å². The molecule has 0 saturated carbocycles. The predicted molar refractivity (Wildman–Crippen MR) is 129 cm³/mol. The van der Waals surface area contributed by atoms with Crippen molar-refractivity contribution in [3.8, 4) is 28.5 Å². The van der Waals surface area contributed by atoms with Gasteiger partial charge in [-0.05, 0) is 66.6 Å². The molecule has 0 aliphatic carbocycles. The minimum absolute atomic E-state index is 0.265. The van der Waals surface area contributed by atoms with Crippen LogP contribution in [0.2, 0.25) is 0 Å². The molecule has 0 saturated heterocycles. The van der Waals surface area contributed by atoms with Crippen molar-refractivity contribution in [2.75, 3.05) is 24.8 Å². The van der Waals surface area contributed by atoms with E-state index in [1.807, 2.05) is 56.4 Å². The van der Waals surface area contributed by atoms with Gasteiger partial charge in [0, 0.05) is 30.6 Å². The number of rotatable bonds is 7. The van der Waals surface area contributed by atoms with Crippen molar-refractivity contribution in [1.29, 1.82) is 0 Å². The number of ether oxygens (including phenoxy) is 2. The van der Waals surface area contributed by atoms with Crippen LogP contribution in [0, 0.1) is 6.92 Å². The van der Waals surface area contributed by atoms with Crippen molar-refractivity contribution in [2.24, 2.45) is 0 Å². The van der Waals surface area contributed by atoms with E-state index in [2.05, 4.69) is 20.6 Å². The van der Waals surface area contributed by atoms with Gasteiger partial charge in [0.15, 0.2) is 0 Å². The van der Waals surface area contributed by atoms with Gasteiger partial charge in [0.25, 0.3) is 5.91 Å².